The molecule has 2 rings (SSSR count). The normalized spacial score (nSPS) is 10.2. The second-order valence-electron chi connectivity index (χ2n) is 4.64. The number of rotatable bonds is 3. The largest absolute Gasteiger partial charge is 0.398 e. The van der Waals surface area contributed by atoms with E-state index in [-0.39, 0.29) is 5.91 Å². The molecule has 0 saturated heterocycles. The first-order chi connectivity index (χ1) is 9.08. The molecule has 0 aliphatic heterocycles. The summed E-state index contributed by atoms with van der Waals surface area (Å²) in [6, 6.07) is 14.2. The molecule has 0 spiro atoms. The lowest BCUT2D eigenvalue weighted by Crippen LogP contribution is -2.19. The van der Waals surface area contributed by atoms with Crippen LogP contribution >= 0.6 is 0 Å². The molecule has 1 amide bonds. The van der Waals surface area contributed by atoms with Gasteiger partial charge in [0.25, 0.3) is 0 Å². The topological polar surface area (TPSA) is 55.1 Å². The Morgan fingerprint density at radius 1 is 1.21 bits per heavy atom. The molecule has 3 heteroatoms. The summed E-state index contributed by atoms with van der Waals surface area (Å²) in [5.74, 6) is -0.0534. The molecule has 0 atom stereocenters. The quantitative estimate of drug-likeness (QED) is 0.827. The third-order valence-corrected chi connectivity index (χ3v) is 3.13. The lowest BCUT2D eigenvalue weighted by molar-refractivity contribution is -0.119. The molecule has 0 aromatic heterocycles. The third kappa shape index (κ3) is 3.13. The maximum absolute atomic E-state index is 10.9. The van der Waals surface area contributed by atoms with Crippen LogP contribution in [0.1, 0.15) is 18.1 Å². The van der Waals surface area contributed by atoms with Gasteiger partial charge in [-0.05, 0) is 35.2 Å². The van der Waals surface area contributed by atoms with Crippen LogP contribution in [-0.2, 0) is 11.3 Å². The molecule has 19 heavy (non-hydrogen) atoms. The fraction of sp³-hybridized carbons (Fsp3) is 0.188. The monoisotopic (exact) mass is 254 g/mol. The number of nitrogens with two attached hydrogens (primary N) is 1. The molecular weight excluding hydrogens is 236 g/mol. The van der Waals surface area contributed by atoms with Crippen molar-refractivity contribution >= 4 is 11.6 Å². The van der Waals surface area contributed by atoms with Crippen molar-refractivity contribution in [1.29, 1.82) is 0 Å². The Morgan fingerprint density at radius 3 is 2.58 bits per heavy atom. The van der Waals surface area contributed by atoms with E-state index in [0.717, 1.165) is 11.1 Å². The van der Waals surface area contributed by atoms with Gasteiger partial charge in [0.1, 0.15) is 0 Å². The maximum atomic E-state index is 10.9. The Bertz CT molecular complexity index is 605. The predicted molar refractivity (Wildman–Crippen MR) is 78.5 cm³/mol. The van der Waals surface area contributed by atoms with E-state index >= 15 is 0 Å². The minimum absolute atomic E-state index is 0.0534. The lowest BCUT2D eigenvalue weighted by atomic mass is 9.98. The number of hydrogen-bond donors (Lipinski definition) is 2. The molecule has 98 valence electrons. The highest BCUT2D eigenvalue weighted by Crippen LogP contribution is 2.26. The van der Waals surface area contributed by atoms with Crippen LogP contribution in [0.15, 0.2) is 42.5 Å². The van der Waals surface area contributed by atoms with Crippen LogP contribution in [0.25, 0.3) is 11.1 Å². The van der Waals surface area contributed by atoms with E-state index < -0.39 is 0 Å². The molecular formula is C16H18N2O. The number of carbonyl (C=O) groups excluding carboxylic acids is 1. The number of amides is 1. The summed E-state index contributed by atoms with van der Waals surface area (Å²) in [6.45, 7) is 4.05. The first kappa shape index (κ1) is 13.1. The van der Waals surface area contributed by atoms with E-state index in [1.54, 1.807) is 0 Å². The van der Waals surface area contributed by atoms with Gasteiger partial charge in [0.15, 0.2) is 0 Å². The van der Waals surface area contributed by atoms with Crippen LogP contribution in [-0.4, -0.2) is 5.91 Å². The summed E-state index contributed by atoms with van der Waals surface area (Å²) in [7, 11) is 0. The van der Waals surface area contributed by atoms with Crippen LogP contribution in [0, 0.1) is 6.92 Å². The Hall–Kier alpha value is -2.29. The maximum Gasteiger partial charge on any atom is 0.217 e. The predicted octanol–water partition coefficient (Wildman–Crippen LogP) is 2.88. The Balaban J connectivity index is 2.29. The fourth-order valence-corrected chi connectivity index (χ4v) is 2.04. The van der Waals surface area contributed by atoms with Gasteiger partial charge < -0.3 is 11.1 Å². The van der Waals surface area contributed by atoms with Gasteiger partial charge in [-0.25, -0.2) is 0 Å². The van der Waals surface area contributed by atoms with Crippen molar-refractivity contribution in [3.05, 3.63) is 53.6 Å². The lowest BCUT2D eigenvalue weighted by Gasteiger charge is -2.10. The van der Waals surface area contributed by atoms with Gasteiger partial charge in [-0.3, -0.25) is 4.79 Å². The van der Waals surface area contributed by atoms with Gasteiger partial charge in [0.05, 0.1) is 0 Å². The van der Waals surface area contributed by atoms with E-state index in [1.165, 1.54) is 18.1 Å². The minimum atomic E-state index is -0.0534. The highest BCUT2D eigenvalue weighted by atomic mass is 16.1. The van der Waals surface area contributed by atoms with Crippen molar-refractivity contribution < 1.29 is 4.79 Å². The van der Waals surface area contributed by atoms with E-state index in [9.17, 15) is 4.79 Å². The van der Waals surface area contributed by atoms with Crippen molar-refractivity contribution in [3.63, 3.8) is 0 Å². The SMILES string of the molecule is CC(=O)NCc1ccc(-c2ccccc2C)cc1N. The van der Waals surface area contributed by atoms with Gasteiger partial charge in [-0.15, -0.1) is 0 Å². The van der Waals surface area contributed by atoms with Gasteiger partial charge in [0.2, 0.25) is 5.91 Å². The second-order valence-corrected chi connectivity index (χ2v) is 4.64. The number of nitrogen functional groups attached to an aromatic ring is 1. The fourth-order valence-electron chi connectivity index (χ4n) is 2.04. The van der Waals surface area contributed by atoms with Crippen LogP contribution in [0.2, 0.25) is 0 Å². The standard InChI is InChI=1S/C16H18N2O/c1-11-5-3-4-6-15(11)13-7-8-14(16(17)9-13)10-18-12(2)19/h3-9H,10,17H2,1-2H3,(H,18,19). The number of anilines is 1. The van der Waals surface area contributed by atoms with Crippen LogP contribution in [0.3, 0.4) is 0 Å². The van der Waals surface area contributed by atoms with Crippen LogP contribution in [0.5, 0.6) is 0 Å². The highest BCUT2D eigenvalue weighted by Gasteiger charge is 2.05. The van der Waals surface area contributed by atoms with Crippen LogP contribution in [0.4, 0.5) is 5.69 Å². The molecule has 2 aromatic carbocycles. The summed E-state index contributed by atoms with van der Waals surface area (Å²) in [5.41, 5.74) is 11.2. The molecule has 2 aromatic rings. The Kier molecular flexibility index (Phi) is 3.85. The summed E-state index contributed by atoms with van der Waals surface area (Å²) in [6.07, 6.45) is 0. The summed E-state index contributed by atoms with van der Waals surface area (Å²) >= 11 is 0. The van der Waals surface area contributed by atoms with E-state index in [2.05, 4.69) is 24.4 Å². The van der Waals surface area contributed by atoms with Crippen molar-refractivity contribution in [1.82, 2.24) is 5.32 Å². The third-order valence-electron chi connectivity index (χ3n) is 3.13. The van der Waals surface area contributed by atoms with Crippen LogP contribution < -0.4 is 11.1 Å². The average molecular weight is 254 g/mol. The summed E-state index contributed by atoms with van der Waals surface area (Å²) < 4.78 is 0. The zero-order chi connectivity index (χ0) is 13.8. The van der Waals surface area contributed by atoms with E-state index in [0.29, 0.717) is 12.2 Å². The molecule has 0 aliphatic carbocycles. The van der Waals surface area contributed by atoms with Gasteiger partial charge in [-0.1, -0.05) is 36.4 Å². The van der Waals surface area contributed by atoms with E-state index in [4.69, 9.17) is 5.73 Å². The zero-order valence-electron chi connectivity index (χ0n) is 11.2. The van der Waals surface area contributed by atoms with Crippen molar-refractivity contribution in [2.24, 2.45) is 0 Å². The molecule has 0 fully saturated rings. The average Bonchev–Trinajstić information content (AvgIpc) is 2.37. The number of hydrogen-bond acceptors (Lipinski definition) is 2. The molecule has 0 bridgehead atoms. The highest BCUT2D eigenvalue weighted by molar-refractivity contribution is 5.74. The number of carbonyl (C=O) groups is 1. The number of aryl methyl sites for hydroxylation is 1. The number of benzene rings is 2. The van der Waals surface area contributed by atoms with E-state index in [1.807, 2.05) is 30.3 Å². The molecule has 0 saturated carbocycles. The van der Waals surface area contributed by atoms with Gasteiger partial charge in [-0.2, -0.15) is 0 Å². The molecule has 0 radical (unpaired) electrons. The second kappa shape index (κ2) is 5.57. The molecule has 0 heterocycles. The van der Waals surface area contributed by atoms with Gasteiger partial charge >= 0.3 is 0 Å². The first-order valence-electron chi connectivity index (χ1n) is 6.27. The smallest absolute Gasteiger partial charge is 0.217 e. The summed E-state index contributed by atoms with van der Waals surface area (Å²) in [5, 5.41) is 2.75. The van der Waals surface area contributed by atoms with Crippen molar-refractivity contribution in [2.75, 3.05) is 5.73 Å². The number of nitrogens with one attached hydrogen (secondary N) is 1. The first-order valence-corrected chi connectivity index (χ1v) is 6.27. The minimum Gasteiger partial charge on any atom is -0.398 e. The molecule has 0 unspecified atom stereocenters. The Labute approximate surface area is 113 Å². The van der Waals surface area contributed by atoms with Crippen molar-refractivity contribution in [3.8, 4) is 11.1 Å². The molecule has 3 nitrogen and oxygen atoms in total. The van der Waals surface area contributed by atoms with Crippen molar-refractivity contribution in [2.45, 2.75) is 20.4 Å². The molecule has 0 aliphatic rings. The Morgan fingerprint density at radius 2 is 1.95 bits per heavy atom. The zero-order valence-corrected chi connectivity index (χ0v) is 11.2. The molecule has 3 N–H and O–H groups in total. The summed E-state index contributed by atoms with van der Waals surface area (Å²) in [4.78, 5) is 10.9. The van der Waals surface area contributed by atoms with Gasteiger partial charge in [0, 0.05) is 19.2 Å².